The zero-order valence-electron chi connectivity index (χ0n) is 16.0. The van der Waals surface area contributed by atoms with Crippen molar-refractivity contribution in [2.75, 3.05) is 18.4 Å². The highest BCUT2D eigenvalue weighted by atomic mass is 35.5. The summed E-state index contributed by atoms with van der Waals surface area (Å²) < 4.78 is 32.6. The first kappa shape index (κ1) is 20.4. The van der Waals surface area contributed by atoms with Crippen molar-refractivity contribution in [3.8, 4) is 6.07 Å². The summed E-state index contributed by atoms with van der Waals surface area (Å²) >= 11 is 5.96. The van der Waals surface area contributed by atoms with E-state index in [9.17, 15) is 13.7 Å². The van der Waals surface area contributed by atoms with Crippen LogP contribution >= 0.6 is 11.6 Å². The molecular formula is C21H19ClN4O3S. The van der Waals surface area contributed by atoms with Crippen LogP contribution in [0.3, 0.4) is 0 Å². The Morgan fingerprint density at radius 1 is 1.17 bits per heavy atom. The topological polar surface area (TPSA) is 99.2 Å². The number of oxazole rings is 1. The average molecular weight is 443 g/mol. The number of anilines is 1. The van der Waals surface area contributed by atoms with Crippen molar-refractivity contribution in [2.24, 2.45) is 0 Å². The van der Waals surface area contributed by atoms with E-state index in [-0.39, 0.29) is 16.4 Å². The fraction of sp³-hybridized carbons (Fsp3) is 0.238. The highest BCUT2D eigenvalue weighted by molar-refractivity contribution is 7.89. The number of hydrogen-bond acceptors (Lipinski definition) is 6. The molecule has 1 fully saturated rings. The Morgan fingerprint density at radius 2 is 1.90 bits per heavy atom. The molecule has 0 atom stereocenters. The minimum atomic E-state index is -3.47. The number of halogens is 1. The second-order valence-electron chi connectivity index (χ2n) is 6.93. The van der Waals surface area contributed by atoms with Gasteiger partial charge in [0.25, 0.3) is 0 Å². The second-order valence-corrected chi connectivity index (χ2v) is 9.31. The molecule has 0 bridgehead atoms. The summed E-state index contributed by atoms with van der Waals surface area (Å²) in [6.45, 7) is 1.12. The van der Waals surface area contributed by atoms with Crippen LogP contribution in [-0.2, 0) is 10.0 Å². The molecule has 3 aromatic rings. The monoisotopic (exact) mass is 442 g/mol. The molecule has 1 aliphatic rings. The van der Waals surface area contributed by atoms with Crippen LogP contribution in [0.1, 0.15) is 25.2 Å². The number of sulfonamides is 1. The molecule has 0 saturated carbocycles. The van der Waals surface area contributed by atoms with Gasteiger partial charge in [-0.2, -0.15) is 9.57 Å². The van der Waals surface area contributed by atoms with Crippen LogP contribution in [0.15, 0.2) is 58.0 Å². The van der Waals surface area contributed by atoms with E-state index in [2.05, 4.69) is 10.3 Å². The van der Waals surface area contributed by atoms with E-state index in [1.54, 1.807) is 42.5 Å². The number of rotatable bonds is 5. The van der Waals surface area contributed by atoms with Gasteiger partial charge >= 0.3 is 0 Å². The van der Waals surface area contributed by atoms with Gasteiger partial charge in [-0.15, -0.1) is 0 Å². The van der Waals surface area contributed by atoms with Crippen molar-refractivity contribution in [1.29, 1.82) is 5.26 Å². The maximum atomic E-state index is 12.7. The molecule has 0 radical (unpaired) electrons. The molecule has 7 nitrogen and oxygen atoms in total. The predicted octanol–water partition coefficient (Wildman–Crippen LogP) is 4.63. The van der Waals surface area contributed by atoms with Gasteiger partial charge in [-0.3, -0.25) is 0 Å². The lowest BCUT2D eigenvalue weighted by Crippen LogP contribution is -2.35. The third-order valence-corrected chi connectivity index (χ3v) is 7.04. The Bertz CT molecular complexity index is 1240. The quantitative estimate of drug-likeness (QED) is 0.578. The molecule has 1 saturated heterocycles. The number of nitrogens with zero attached hydrogens (tertiary/aromatic N) is 3. The normalized spacial score (nSPS) is 15.8. The van der Waals surface area contributed by atoms with Crippen molar-refractivity contribution in [1.82, 2.24) is 9.29 Å². The molecule has 1 aromatic heterocycles. The first-order valence-corrected chi connectivity index (χ1v) is 11.3. The van der Waals surface area contributed by atoms with Gasteiger partial charge in [0.05, 0.1) is 4.90 Å². The number of nitrogens with one attached hydrogen (secondary N) is 1. The van der Waals surface area contributed by atoms with E-state index >= 15 is 0 Å². The summed E-state index contributed by atoms with van der Waals surface area (Å²) in [5, 5.41) is 13.0. The van der Waals surface area contributed by atoms with E-state index in [4.69, 9.17) is 16.0 Å². The van der Waals surface area contributed by atoms with Gasteiger partial charge in [0.1, 0.15) is 17.2 Å². The lowest BCUT2D eigenvalue weighted by Gasteiger charge is -2.25. The lowest BCUT2D eigenvalue weighted by atomic mass is 10.2. The van der Waals surface area contributed by atoms with Gasteiger partial charge in [0.2, 0.25) is 15.9 Å². The van der Waals surface area contributed by atoms with Gasteiger partial charge in [-0.1, -0.05) is 18.0 Å². The van der Waals surface area contributed by atoms with Crippen LogP contribution in [0.5, 0.6) is 0 Å². The molecule has 30 heavy (non-hydrogen) atoms. The molecule has 0 amide bonds. The maximum Gasteiger partial charge on any atom is 0.243 e. The fourth-order valence-corrected chi connectivity index (χ4v) is 4.97. The summed E-state index contributed by atoms with van der Waals surface area (Å²) in [5.74, 6) is 0.173. The second kappa shape index (κ2) is 8.48. The summed E-state index contributed by atoms with van der Waals surface area (Å²) in [6.07, 6.45) is 4.32. The third kappa shape index (κ3) is 4.19. The summed E-state index contributed by atoms with van der Waals surface area (Å²) in [6, 6.07) is 13.5. The minimum absolute atomic E-state index is 0.173. The van der Waals surface area contributed by atoms with Gasteiger partial charge in [-0.05, 0) is 55.3 Å². The molecule has 2 heterocycles. The minimum Gasteiger partial charge on any atom is -0.435 e. The van der Waals surface area contributed by atoms with Crippen LogP contribution in [0.4, 0.5) is 5.69 Å². The number of nitriles is 1. The van der Waals surface area contributed by atoms with Crippen LogP contribution in [0, 0.1) is 11.3 Å². The first-order chi connectivity index (χ1) is 14.5. The molecule has 9 heteroatoms. The van der Waals surface area contributed by atoms with Crippen molar-refractivity contribution >= 4 is 44.0 Å². The van der Waals surface area contributed by atoms with E-state index in [1.165, 1.54) is 10.5 Å². The van der Waals surface area contributed by atoms with Gasteiger partial charge in [0.15, 0.2) is 5.58 Å². The Balaban J connectivity index is 1.51. The molecule has 0 aliphatic carbocycles. The Kier molecular flexibility index (Phi) is 5.77. The molecule has 154 valence electrons. The van der Waals surface area contributed by atoms with Crippen molar-refractivity contribution in [3.05, 3.63) is 59.6 Å². The SMILES string of the molecule is N#C/C(=C\Nc1ccc(S(=O)(=O)N2CCCCC2)cc1)c1nc2cc(Cl)ccc2o1. The summed E-state index contributed by atoms with van der Waals surface area (Å²) in [7, 11) is -3.47. The van der Waals surface area contributed by atoms with Crippen LogP contribution in [-0.4, -0.2) is 30.8 Å². The number of aromatic nitrogens is 1. The zero-order valence-corrected chi connectivity index (χ0v) is 17.6. The average Bonchev–Trinajstić information content (AvgIpc) is 3.18. The Labute approximate surface area is 179 Å². The van der Waals surface area contributed by atoms with Crippen LogP contribution < -0.4 is 5.32 Å². The molecule has 0 unspecified atom stereocenters. The van der Waals surface area contributed by atoms with Crippen LogP contribution in [0.2, 0.25) is 5.02 Å². The predicted molar refractivity (Wildman–Crippen MR) is 115 cm³/mol. The van der Waals surface area contributed by atoms with E-state index in [0.717, 1.165) is 19.3 Å². The summed E-state index contributed by atoms with van der Waals surface area (Å²) in [4.78, 5) is 4.55. The Hall–Kier alpha value is -2.86. The van der Waals surface area contributed by atoms with Crippen molar-refractivity contribution in [3.63, 3.8) is 0 Å². The van der Waals surface area contributed by atoms with Crippen LogP contribution in [0.25, 0.3) is 16.7 Å². The third-order valence-electron chi connectivity index (χ3n) is 4.89. The molecule has 4 rings (SSSR count). The molecular weight excluding hydrogens is 424 g/mol. The number of piperidine rings is 1. The number of hydrogen-bond donors (Lipinski definition) is 1. The zero-order chi connectivity index (χ0) is 21.1. The first-order valence-electron chi connectivity index (χ1n) is 9.51. The van der Waals surface area contributed by atoms with Gasteiger partial charge in [0, 0.05) is 30.0 Å². The van der Waals surface area contributed by atoms with Gasteiger partial charge < -0.3 is 9.73 Å². The number of benzene rings is 2. The van der Waals surface area contributed by atoms with Gasteiger partial charge in [-0.25, -0.2) is 13.4 Å². The molecule has 1 aliphatic heterocycles. The largest absolute Gasteiger partial charge is 0.435 e. The Morgan fingerprint density at radius 3 is 2.60 bits per heavy atom. The highest BCUT2D eigenvalue weighted by Crippen LogP contribution is 2.25. The van der Waals surface area contributed by atoms with Crippen molar-refractivity contribution < 1.29 is 12.8 Å². The lowest BCUT2D eigenvalue weighted by molar-refractivity contribution is 0.346. The standard InChI is InChI=1S/C21H19ClN4O3S/c22-16-4-9-20-19(12-16)25-21(29-20)15(13-23)14-24-17-5-7-18(8-6-17)30(27,28)26-10-2-1-3-11-26/h4-9,12,14,24H,1-3,10-11H2/b15-14+. The highest BCUT2D eigenvalue weighted by Gasteiger charge is 2.25. The summed E-state index contributed by atoms with van der Waals surface area (Å²) in [5.41, 5.74) is 1.93. The van der Waals surface area contributed by atoms with E-state index in [0.29, 0.717) is 34.9 Å². The maximum absolute atomic E-state index is 12.7. The fourth-order valence-electron chi connectivity index (χ4n) is 3.29. The smallest absolute Gasteiger partial charge is 0.243 e. The molecule has 0 spiro atoms. The van der Waals surface area contributed by atoms with E-state index in [1.807, 2.05) is 6.07 Å². The van der Waals surface area contributed by atoms with Crippen molar-refractivity contribution in [2.45, 2.75) is 24.2 Å². The number of fused-ring (bicyclic) bond motifs is 1. The van der Waals surface area contributed by atoms with E-state index < -0.39 is 10.0 Å². The molecule has 1 N–H and O–H groups in total. The molecule has 2 aromatic carbocycles. The number of allylic oxidation sites excluding steroid dienone is 1.